The second-order valence-corrected chi connectivity index (χ2v) is 9.74. The number of thiazole rings is 1. The largest absolute Gasteiger partial charge is 0.463 e. The Balaban J connectivity index is 1.84. The van der Waals surface area contributed by atoms with Gasteiger partial charge in [0, 0.05) is 24.0 Å². The Morgan fingerprint density at radius 1 is 1.08 bits per heavy atom. The summed E-state index contributed by atoms with van der Waals surface area (Å²) in [5.41, 5.74) is 5.52. The normalized spacial score (nSPS) is 15.6. The van der Waals surface area contributed by atoms with Gasteiger partial charge in [0.25, 0.3) is 5.56 Å². The van der Waals surface area contributed by atoms with Crippen molar-refractivity contribution in [1.29, 1.82) is 0 Å². The molecule has 0 N–H and O–H groups in total. The molecule has 1 aliphatic heterocycles. The summed E-state index contributed by atoms with van der Waals surface area (Å²) in [6.45, 7) is 6.08. The molecule has 6 nitrogen and oxygen atoms in total. The average molecular weight is 498 g/mol. The molecule has 1 atom stereocenters. The van der Waals surface area contributed by atoms with Crippen LogP contribution in [0.25, 0.3) is 11.8 Å². The highest BCUT2D eigenvalue weighted by Gasteiger charge is 2.35. The SMILES string of the molecule is CCOC(=O)C1=C(c2ccccc2)N=c2sc(=Cc3cc(C)n(C)c3C)c(=O)n2[C@@H]1c1ccccc1. The fourth-order valence-electron chi connectivity index (χ4n) is 4.56. The van der Waals surface area contributed by atoms with Crippen LogP contribution in [0, 0.1) is 13.8 Å². The van der Waals surface area contributed by atoms with Crippen LogP contribution in [0.3, 0.4) is 0 Å². The third kappa shape index (κ3) is 4.05. The first-order valence-corrected chi connectivity index (χ1v) is 12.7. The van der Waals surface area contributed by atoms with Gasteiger partial charge in [-0.15, -0.1) is 0 Å². The van der Waals surface area contributed by atoms with E-state index in [-0.39, 0.29) is 12.2 Å². The molecule has 0 fully saturated rings. The molecule has 0 bridgehead atoms. The smallest absolute Gasteiger partial charge is 0.338 e. The maximum Gasteiger partial charge on any atom is 0.338 e. The molecular weight excluding hydrogens is 470 g/mol. The molecule has 0 spiro atoms. The molecular formula is C29H27N3O3S. The van der Waals surface area contributed by atoms with E-state index in [9.17, 15) is 9.59 Å². The summed E-state index contributed by atoms with van der Waals surface area (Å²) < 4.78 is 9.80. The molecule has 3 heterocycles. The Labute approximate surface area is 213 Å². The molecule has 36 heavy (non-hydrogen) atoms. The van der Waals surface area contributed by atoms with Crippen molar-refractivity contribution in [3.8, 4) is 0 Å². The first-order valence-electron chi connectivity index (χ1n) is 11.9. The minimum absolute atomic E-state index is 0.178. The standard InChI is InChI=1S/C29H27N3O3S/c1-5-35-28(34)24-25(20-12-8-6-9-13-20)30-29-32(26(24)21-14-10-7-11-15-21)27(33)23(36-29)17-22-16-18(2)31(4)19(22)3/h6-17,26H,5H2,1-4H3/t26-/m1/s1. The number of carbonyl (C=O) groups is 1. The minimum Gasteiger partial charge on any atom is -0.463 e. The van der Waals surface area contributed by atoms with Crippen molar-refractivity contribution in [1.82, 2.24) is 9.13 Å². The zero-order valence-corrected chi connectivity index (χ0v) is 21.5. The van der Waals surface area contributed by atoms with Gasteiger partial charge in [-0.25, -0.2) is 9.79 Å². The third-order valence-corrected chi connectivity index (χ3v) is 7.57. The van der Waals surface area contributed by atoms with Gasteiger partial charge in [-0.3, -0.25) is 9.36 Å². The number of aromatic nitrogens is 2. The number of fused-ring (bicyclic) bond motifs is 1. The number of hydrogen-bond acceptors (Lipinski definition) is 5. The summed E-state index contributed by atoms with van der Waals surface area (Å²) in [5, 5.41) is 0. The van der Waals surface area contributed by atoms with Crippen LogP contribution in [-0.2, 0) is 16.6 Å². The van der Waals surface area contributed by atoms with Crippen molar-refractivity contribution in [2.45, 2.75) is 26.8 Å². The minimum atomic E-state index is -0.655. The lowest BCUT2D eigenvalue weighted by Crippen LogP contribution is -2.40. The van der Waals surface area contributed by atoms with Crippen molar-refractivity contribution in [3.05, 3.63) is 120 Å². The number of nitrogens with zero attached hydrogens (tertiary/aromatic N) is 3. The molecule has 0 amide bonds. The monoisotopic (exact) mass is 497 g/mol. The summed E-state index contributed by atoms with van der Waals surface area (Å²) in [6, 6.07) is 20.6. The lowest BCUT2D eigenvalue weighted by Gasteiger charge is -2.25. The van der Waals surface area contributed by atoms with Gasteiger partial charge in [0.05, 0.1) is 28.5 Å². The van der Waals surface area contributed by atoms with Crippen LogP contribution in [0.5, 0.6) is 0 Å². The van der Waals surface area contributed by atoms with E-state index >= 15 is 0 Å². The molecule has 4 aromatic rings. The van der Waals surface area contributed by atoms with Crippen molar-refractivity contribution < 1.29 is 9.53 Å². The Morgan fingerprint density at radius 3 is 2.36 bits per heavy atom. The highest BCUT2D eigenvalue weighted by molar-refractivity contribution is 7.07. The fraction of sp³-hybridized carbons (Fsp3) is 0.207. The molecule has 182 valence electrons. The molecule has 5 rings (SSSR count). The van der Waals surface area contributed by atoms with Gasteiger partial charge < -0.3 is 9.30 Å². The molecule has 2 aromatic carbocycles. The average Bonchev–Trinajstić information content (AvgIpc) is 3.34. The van der Waals surface area contributed by atoms with Crippen LogP contribution in [-0.4, -0.2) is 21.7 Å². The van der Waals surface area contributed by atoms with Crippen LogP contribution in [0.1, 0.15) is 41.0 Å². The van der Waals surface area contributed by atoms with E-state index in [4.69, 9.17) is 9.73 Å². The Hall–Kier alpha value is -3.97. The van der Waals surface area contributed by atoms with E-state index in [1.54, 1.807) is 11.5 Å². The van der Waals surface area contributed by atoms with E-state index in [0.717, 1.165) is 28.1 Å². The quantitative estimate of drug-likeness (QED) is 0.393. The zero-order chi connectivity index (χ0) is 25.4. The van der Waals surface area contributed by atoms with Crippen LogP contribution in [0.2, 0.25) is 0 Å². The molecule has 0 saturated heterocycles. The van der Waals surface area contributed by atoms with E-state index in [0.29, 0.717) is 20.6 Å². The number of rotatable bonds is 5. The van der Waals surface area contributed by atoms with Gasteiger partial charge in [0.2, 0.25) is 0 Å². The molecule has 1 aliphatic rings. The van der Waals surface area contributed by atoms with Gasteiger partial charge in [-0.05, 0) is 44.0 Å². The summed E-state index contributed by atoms with van der Waals surface area (Å²) >= 11 is 1.34. The third-order valence-electron chi connectivity index (χ3n) is 6.59. The van der Waals surface area contributed by atoms with Crippen molar-refractivity contribution in [2.24, 2.45) is 12.0 Å². The topological polar surface area (TPSA) is 65.6 Å². The van der Waals surface area contributed by atoms with Crippen molar-refractivity contribution >= 4 is 29.1 Å². The summed E-state index contributed by atoms with van der Waals surface area (Å²) in [6.07, 6.45) is 1.92. The van der Waals surface area contributed by atoms with Gasteiger partial charge in [0.1, 0.15) is 0 Å². The number of carbonyl (C=O) groups excluding carboxylic acids is 1. The summed E-state index contributed by atoms with van der Waals surface area (Å²) in [7, 11) is 2.01. The Bertz CT molecular complexity index is 1660. The highest BCUT2D eigenvalue weighted by Crippen LogP contribution is 2.35. The van der Waals surface area contributed by atoms with E-state index in [2.05, 4.69) is 10.6 Å². The predicted octanol–water partition coefficient (Wildman–Crippen LogP) is 3.89. The first-order chi connectivity index (χ1) is 17.4. The number of hydrogen-bond donors (Lipinski definition) is 0. The molecule has 0 saturated carbocycles. The number of benzene rings is 2. The lowest BCUT2D eigenvalue weighted by atomic mass is 9.93. The highest BCUT2D eigenvalue weighted by atomic mass is 32.1. The van der Waals surface area contributed by atoms with Gasteiger partial charge >= 0.3 is 5.97 Å². The van der Waals surface area contributed by atoms with Gasteiger partial charge in [-0.1, -0.05) is 72.0 Å². The van der Waals surface area contributed by atoms with Crippen LogP contribution in [0.4, 0.5) is 0 Å². The van der Waals surface area contributed by atoms with E-state index in [1.165, 1.54) is 11.3 Å². The predicted molar refractivity (Wildman–Crippen MR) is 142 cm³/mol. The second kappa shape index (κ2) is 9.59. The fourth-order valence-corrected chi connectivity index (χ4v) is 5.55. The van der Waals surface area contributed by atoms with Gasteiger partial charge in [-0.2, -0.15) is 0 Å². The van der Waals surface area contributed by atoms with E-state index < -0.39 is 12.0 Å². The lowest BCUT2D eigenvalue weighted by molar-refractivity contribution is -0.138. The van der Waals surface area contributed by atoms with Crippen molar-refractivity contribution in [2.75, 3.05) is 6.61 Å². The Kier molecular flexibility index (Phi) is 6.33. The molecule has 0 radical (unpaired) electrons. The molecule has 2 aromatic heterocycles. The maximum atomic E-state index is 13.9. The second-order valence-electron chi connectivity index (χ2n) is 8.73. The summed E-state index contributed by atoms with van der Waals surface area (Å²) in [5.74, 6) is -0.474. The van der Waals surface area contributed by atoms with E-state index in [1.807, 2.05) is 87.6 Å². The van der Waals surface area contributed by atoms with Crippen LogP contribution < -0.4 is 14.9 Å². The van der Waals surface area contributed by atoms with Crippen LogP contribution >= 0.6 is 11.3 Å². The van der Waals surface area contributed by atoms with Crippen LogP contribution in [0.15, 0.2) is 82.1 Å². The molecule has 0 aliphatic carbocycles. The maximum absolute atomic E-state index is 13.9. The zero-order valence-electron chi connectivity index (χ0n) is 20.7. The molecule has 0 unspecified atom stereocenters. The Morgan fingerprint density at radius 2 is 1.75 bits per heavy atom. The number of aryl methyl sites for hydroxylation is 1. The number of esters is 1. The van der Waals surface area contributed by atoms with Crippen molar-refractivity contribution in [3.63, 3.8) is 0 Å². The summed E-state index contributed by atoms with van der Waals surface area (Å²) in [4.78, 5) is 32.7. The number of ether oxygens (including phenoxy) is 1. The first kappa shape index (κ1) is 23.8. The van der Waals surface area contributed by atoms with Gasteiger partial charge in [0.15, 0.2) is 4.80 Å². The molecule has 7 heteroatoms.